The number of benzene rings is 1. The van der Waals surface area contributed by atoms with Gasteiger partial charge in [0.1, 0.15) is 5.82 Å². The van der Waals surface area contributed by atoms with Crippen LogP contribution >= 0.6 is 23.1 Å². The summed E-state index contributed by atoms with van der Waals surface area (Å²) in [6, 6.07) is 5.58. The number of nitrogens with zero attached hydrogens (tertiary/aromatic N) is 3. The lowest BCUT2D eigenvalue weighted by atomic mass is 10.3. The van der Waals surface area contributed by atoms with Crippen molar-refractivity contribution in [2.24, 2.45) is 0 Å². The van der Waals surface area contributed by atoms with Crippen molar-refractivity contribution in [1.82, 2.24) is 9.36 Å². The second kappa shape index (κ2) is 5.94. The van der Waals surface area contributed by atoms with Crippen LogP contribution in [-0.2, 0) is 4.79 Å². The highest BCUT2D eigenvalue weighted by Crippen LogP contribution is 2.17. The van der Waals surface area contributed by atoms with Crippen LogP contribution in [0.3, 0.4) is 0 Å². The molecule has 0 spiro atoms. The van der Waals surface area contributed by atoms with Gasteiger partial charge in [0, 0.05) is 24.3 Å². The minimum atomic E-state index is -0.357. The van der Waals surface area contributed by atoms with Gasteiger partial charge in [0.2, 0.25) is 5.28 Å². The molecular weight excluding hydrogens is 293 g/mol. The molecule has 0 aliphatic heterocycles. The first kappa shape index (κ1) is 13.7. The standard InChI is InChI=1S/C11H9ClFN3O2S/c1-16(8-4-2-7(13)3-5-8)9(17)6-18-11-14-10(12)15-19-11/h2-5H,6H2,1H3. The van der Waals surface area contributed by atoms with Crippen LogP contribution in [0.4, 0.5) is 10.1 Å². The number of anilines is 1. The maximum Gasteiger partial charge on any atom is 0.294 e. The molecule has 1 aromatic carbocycles. The minimum Gasteiger partial charge on any atom is -0.459 e. The van der Waals surface area contributed by atoms with E-state index in [0.717, 1.165) is 11.5 Å². The van der Waals surface area contributed by atoms with E-state index in [1.807, 2.05) is 0 Å². The summed E-state index contributed by atoms with van der Waals surface area (Å²) in [5.41, 5.74) is 0.574. The summed E-state index contributed by atoms with van der Waals surface area (Å²) in [6.45, 7) is -0.195. The molecule has 19 heavy (non-hydrogen) atoms. The highest BCUT2D eigenvalue weighted by atomic mass is 35.5. The number of rotatable bonds is 4. The molecular formula is C11H9ClFN3O2S. The Morgan fingerprint density at radius 2 is 2.16 bits per heavy atom. The van der Waals surface area contributed by atoms with Crippen LogP contribution in [-0.4, -0.2) is 28.9 Å². The van der Waals surface area contributed by atoms with Crippen LogP contribution in [0.1, 0.15) is 0 Å². The van der Waals surface area contributed by atoms with E-state index in [1.54, 1.807) is 7.05 Å². The van der Waals surface area contributed by atoms with E-state index in [9.17, 15) is 9.18 Å². The summed E-state index contributed by atoms with van der Waals surface area (Å²) in [5.74, 6) is -0.651. The number of halogens is 2. The van der Waals surface area contributed by atoms with Crippen LogP contribution in [0.25, 0.3) is 0 Å². The molecule has 0 bridgehead atoms. The third-order valence-corrected chi connectivity index (χ3v) is 3.19. The van der Waals surface area contributed by atoms with E-state index in [0.29, 0.717) is 5.69 Å². The Morgan fingerprint density at radius 3 is 2.74 bits per heavy atom. The Labute approximate surface area is 117 Å². The van der Waals surface area contributed by atoms with Crippen molar-refractivity contribution in [1.29, 1.82) is 0 Å². The lowest BCUT2D eigenvalue weighted by molar-refractivity contribution is -0.120. The average Bonchev–Trinajstić information content (AvgIpc) is 2.82. The Balaban J connectivity index is 1.94. The number of carbonyl (C=O) groups is 1. The SMILES string of the molecule is CN(C(=O)COc1nc(Cl)ns1)c1ccc(F)cc1. The quantitative estimate of drug-likeness (QED) is 0.870. The van der Waals surface area contributed by atoms with Crippen molar-refractivity contribution in [3.63, 3.8) is 0 Å². The smallest absolute Gasteiger partial charge is 0.294 e. The molecule has 0 saturated carbocycles. The highest BCUT2D eigenvalue weighted by molar-refractivity contribution is 7.07. The summed E-state index contributed by atoms with van der Waals surface area (Å²) in [7, 11) is 1.58. The summed E-state index contributed by atoms with van der Waals surface area (Å²) >= 11 is 6.49. The zero-order valence-electron chi connectivity index (χ0n) is 9.84. The fourth-order valence-electron chi connectivity index (χ4n) is 1.28. The summed E-state index contributed by atoms with van der Waals surface area (Å²) in [5, 5.41) is 0.310. The van der Waals surface area contributed by atoms with Crippen LogP contribution in [0.15, 0.2) is 24.3 Å². The van der Waals surface area contributed by atoms with Gasteiger partial charge >= 0.3 is 0 Å². The zero-order valence-corrected chi connectivity index (χ0v) is 11.4. The summed E-state index contributed by atoms with van der Waals surface area (Å²) in [6.07, 6.45) is 0. The second-order valence-electron chi connectivity index (χ2n) is 3.55. The first-order valence-corrected chi connectivity index (χ1v) is 6.35. The van der Waals surface area contributed by atoms with Gasteiger partial charge in [-0.05, 0) is 35.9 Å². The lowest BCUT2D eigenvalue weighted by Gasteiger charge is -2.16. The molecule has 2 rings (SSSR count). The molecule has 0 atom stereocenters. The molecule has 0 fully saturated rings. The van der Waals surface area contributed by atoms with E-state index in [1.165, 1.54) is 29.2 Å². The number of hydrogen-bond acceptors (Lipinski definition) is 5. The molecule has 0 unspecified atom stereocenters. The second-order valence-corrected chi connectivity index (χ2v) is 4.60. The first-order chi connectivity index (χ1) is 9.06. The van der Waals surface area contributed by atoms with Gasteiger partial charge in [-0.2, -0.15) is 9.36 Å². The molecule has 100 valence electrons. The fourth-order valence-corrected chi connectivity index (χ4v) is 1.94. The molecule has 1 amide bonds. The van der Waals surface area contributed by atoms with Crippen LogP contribution in [0.2, 0.25) is 5.28 Å². The largest absolute Gasteiger partial charge is 0.459 e. The van der Waals surface area contributed by atoms with Crippen molar-refractivity contribution in [2.75, 3.05) is 18.6 Å². The van der Waals surface area contributed by atoms with Crippen LogP contribution in [0, 0.1) is 5.82 Å². The molecule has 2 aromatic rings. The van der Waals surface area contributed by atoms with Gasteiger partial charge in [0.05, 0.1) is 0 Å². The van der Waals surface area contributed by atoms with Gasteiger partial charge in [-0.1, -0.05) is 0 Å². The van der Waals surface area contributed by atoms with Gasteiger partial charge in [0.25, 0.3) is 11.1 Å². The van der Waals surface area contributed by atoms with Gasteiger partial charge in [0.15, 0.2) is 6.61 Å². The van der Waals surface area contributed by atoms with Crippen molar-refractivity contribution >= 4 is 34.7 Å². The Hall–Kier alpha value is -1.73. The minimum absolute atomic E-state index is 0.0827. The van der Waals surface area contributed by atoms with E-state index in [2.05, 4.69) is 9.36 Å². The Bertz CT molecular complexity index is 576. The Kier molecular flexibility index (Phi) is 4.28. The molecule has 0 saturated heterocycles. The normalized spacial score (nSPS) is 10.3. The van der Waals surface area contributed by atoms with Crippen LogP contribution < -0.4 is 9.64 Å². The Morgan fingerprint density at radius 1 is 1.47 bits per heavy atom. The van der Waals surface area contributed by atoms with E-state index >= 15 is 0 Å². The number of hydrogen-bond donors (Lipinski definition) is 0. The van der Waals surface area contributed by atoms with Gasteiger partial charge < -0.3 is 9.64 Å². The number of carbonyl (C=O) groups excluding carboxylic acids is 1. The van der Waals surface area contributed by atoms with E-state index in [4.69, 9.17) is 16.3 Å². The molecule has 0 aliphatic carbocycles. The molecule has 0 radical (unpaired) electrons. The van der Waals surface area contributed by atoms with Crippen molar-refractivity contribution in [2.45, 2.75) is 0 Å². The predicted molar refractivity (Wildman–Crippen MR) is 70.2 cm³/mol. The van der Waals surface area contributed by atoms with Crippen molar-refractivity contribution in [3.8, 4) is 5.19 Å². The number of amides is 1. The average molecular weight is 302 g/mol. The number of aromatic nitrogens is 2. The summed E-state index contributed by atoms with van der Waals surface area (Å²) < 4.78 is 21.6. The van der Waals surface area contributed by atoms with Crippen molar-refractivity contribution < 1.29 is 13.9 Å². The highest BCUT2D eigenvalue weighted by Gasteiger charge is 2.13. The first-order valence-electron chi connectivity index (χ1n) is 5.20. The topological polar surface area (TPSA) is 55.3 Å². The predicted octanol–water partition coefficient (Wildman–Crippen LogP) is 2.37. The third-order valence-electron chi connectivity index (χ3n) is 2.29. The maximum absolute atomic E-state index is 12.8. The lowest BCUT2D eigenvalue weighted by Crippen LogP contribution is -2.31. The fraction of sp³-hybridized carbons (Fsp3) is 0.182. The molecule has 5 nitrogen and oxygen atoms in total. The monoisotopic (exact) mass is 301 g/mol. The van der Waals surface area contributed by atoms with Gasteiger partial charge in [-0.15, -0.1) is 0 Å². The number of likely N-dealkylation sites (N-methyl/N-ethyl adjacent to an activating group) is 1. The molecule has 0 N–H and O–H groups in total. The molecule has 8 heteroatoms. The third kappa shape index (κ3) is 3.62. The molecule has 1 aromatic heterocycles. The number of ether oxygens (including phenoxy) is 1. The summed E-state index contributed by atoms with van der Waals surface area (Å²) in [4.78, 5) is 17.0. The van der Waals surface area contributed by atoms with E-state index in [-0.39, 0.29) is 28.8 Å². The van der Waals surface area contributed by atoms with Crippen molar-refractivity contribution in [3.05, 3.63) is 35.4 Å². The van der Waals surface area contributed by atoms with Gasteiger partial charge in [-0.25, -0.2) is 4.39 Å². The molecule has 1 heterocycles. The molecule has 0 aliphatic rings. The van der Waals surface area contributed by atoms with Gasteiger partial charge in [-0.3, -0.25) is 4.79 Å². The van der Waals surface area contributed by atoms with E-state index < -0.39 is 0 Å². The maximum atomic E-state index is 12.8. The zero-order chi connectivity index (χ0) is 13.8. The van der Waals surface area contributed by atoms with Crippen LogP contribution in [0.5, 0.6) is 5.19 Å².